The third-order valence-electron chi connectivity index (χ3n) is 3.39. The molecule has 0 saturated heterocycles. The minimum absolute atomic E-state index is 0.216. The molecular weight excluding hydrogens is 319 g/mol. The van der Waals surface area contributed by atoms with Crippen molar-refractivity contribution in [3.05, 3.63) is 71.6 Å². The Morgan fingerprint density at radius 2 is 1.83 bits per heavy atom. The predicted molar refractivity (Wildman–Crippen MR) is 82.5 cm³/mol. The maximum Gasteiger partial charge on any atom is 0.416 e. The molecule has 0 aliphatic carbocycles. The summed E-state index contributed by atoms with van der Waals surface area (Å²) in [5.41, 5.74) is 1.41. The smallest absolute Gasteiger partial charge is 0.416 e. The van der Waals surface area contributed by atoms with Gasteiger partial charge in [-0.05, 0) is 48.9 Å². The fourth-order valence-electron chi connectivity index (χ4n) is 2.17. The highest BCUT2D eigenvalue weighted by atomic mass is 19.4. The van der Waals surface area contributed by atoms with Gasteiger partial charge in [-0.15, -0.1) is 0 Å². The average molecular weight is 333 g/mol. The lowest BCUT2D eigenvalue weighted by Crippen LogP contribution is -2.04. The van der Waals surface area contributed by atoms with Crippen molar-refractivity contribution in [3.63, 3.8) is 0 Å². The minimum Gasteiger partial charge on any atom is -0.487 e. The van der Waals surface area contributed by atoms with Crippen molar-refractivity contribution < 1.29 is 22.3 Å². The molecule has 0 unspecified atom stereocenters. The quantitative estimate of drug-likeness (QED) is 0.654. The second-order valence-electron chi connectivity index (χ2n) is 5.32. The lowest BCUT2D eigenvalue weighted by molar-refractivity contribution is -0.137. The maximum absolute atomic E-state index is 12.6. The summed E-state index contributed by atoms with van der Waals surface area (Å²) in [5, 5.41) is 0. The molecule has 0 bridgehead atoms. The molecule has 0 aliphatic heterocycles. The number of hydrogen-bond acceptors (Lipinski definition) is 3. The summed E-state index contributed by atoms with van der Waals surface area (Å²) in [4.78, 5) is 4.24. The molecule has 3 rings (SSSR count). The molecule has 3 nitrogen and oxygen atoms in total. The van der Waals surface area contributed by atoms with Crippen LogP contribution in [0.25, 0.3) is 11.5 Å². The third-order valence-corrected chi connectivity index (χ3v) is 3.39. The highest BCUT2D eigenvalue weighted by molar-refractivity contribution is 5.54. The maximum atomic E-state index is 12.6. The van der Waals surface area contributed by atoms with Gasteiger partial charge in [0.25, 0.3) is 0 Å². The molecular formula is C18H14F3NO2. The number of alkyl halides is 3. The zero-order chi connectivity index (χ0) is 17.2. The predicted octanol–water partition coefficient (Wildman–Crippen LogP) is 5.25. The number of ether oxygens (including phenoxy) is 1. The van der Waals surface area contributed by atoms with Crippen LogP contribution in [-0.2, 0) is 12.8 Å². The van der Waals surface area contributed by atoms with Crippen LogP contribution in [0, 0.1) is 6.92 Å². The Morgan fingerprint density at radius 3 is 2.50 bits per heavy atom. The molecule has 0 spiro atoms. The summed E-state index contributed by atoms with van der Waals surface area (Å²) in [5.74, 6) is 0.973. The standard InChI is InChI=1S/C18H14F3NO2/c1-12-3-2-4-16(9-12)23-10-15-11-24-17(22-15)13-5-7-14(8-6-13)18(19,20)21/h2-9,11H,10H2,1H3. The summed E-state index contributed by atoms with van der Waals surface area (Å²) >= 11 is 0. The molecule has 2 aromatic carbocycles. The Hall–Kier alpha value is -2.76. The highest BCUT2D eigenvalue weighted by Crippen LogP contribution is 2.30. The van der Waals surface area contributed by atoms with Crippen LogP contribution < -0.4 is 4.74 Å². The van der Waals surface area contributed by atoms with E-state index in [4.69, 9.17) is 9.15 Å². The van der Waals surface area contributed by atoms with Crippen molar-refractivity contribution in [1.82, 2.24) is 4.98 Å². The summed E-state index contributed by atoms with van der Waals surface area (Å²) in [7, 11) is 0. The van der Waals surface area contributed by atoms with Gasteiger partial charge in [0.1, 0.15) is 24.3 Å². The number of oxazole rings is 1. The molecule has 0 atom stereocenters. The molecule has 0 N–H and O–H groups in total. The second-order valence-corrected chi connectivity index (χ2v) is 5.32. The van der Waals surface area contributed by atoms with Crippen molar-refractivity contribution in [2.75, 3.05) is 0 Å². The Kier molecular flexibility index (Phi) is 4.29. The Bertz CT molecular complexity index is 823. The molecule has 1 aromatic heterocycles. The van der Waals surface area contributed by atoms with Crippen molar-refractivity contribution in [1.29, 1.82) is 0 Å². The Balaban J connectivity index is 1.69. The van der Waals surface area contributed by atoms with E-state index in [0.717, 1.165) is 17.7 Å². The number of aromatic nitrogens is 1. The molecule has 124 valence electrons. The van der Waals surface area contributed by atoms with Gasteiger partial charge in [-0.2, -0.15) is 13.2 Å². The van der Waals surface area contributed by atoms with Crippen LogP contribution in [-0.4, -0.2) is 4.98 Å². The lowest BCUT2D eigenvalue weighted by atomic mass is 10.1. The van der Waals surface area contributed by atoms with Gasteiger partial charge in [-0.25, -0.2) is 4.98 Å². The molecule has 0 amide bonds. The number of nitrogens with zero attached hydrogens (tertiary/aromatic N) is 1. The number of aryl methyl sites for hydroxylation is 1. The SMILES string of the molecule is Cc1cccc(OCc2coc(-c3ccc(C(F)(F)F)cc3)n2)c1. The van der Waals surface area contributed by atoms with Crippen molar-refractivity contribution in [2.45, 2.75) is 19.7 Å². The first-order chi connectivity index (χ1) is 11.4. The van der Waals surface area contributed by atoms with Gasteiger partial charge in [0.05, 0.1) is 5.56 Å². The molecule has 24 heavy (non-hydrogen) atoms. The zero-order valence-corrected chi connectivity index (χ0v) is 12.8. The largest absolute Gasteiger partial charge is 0.487 e. The van der Waals surface area contributed by atoms with E-state index in [2.05, 4.69) is 4.98 Å². The lowest BCUT2D eigenvalue weighted by Gasteiger charge is -2.06. The highest BCUT2D eigenvalue weighted by Gasteiger charge is 2.30. The first-order valence-electron chi connectivity index (χ1n) is 7.23. The Morgan fingerprint density at radius 1 is 1.08 bits per heavy atom. The van der Waals surface area contributed by atoms with E-state index in [9.17, 15) is 13.2 Å². The van der Waals surface area contributed by atoms with Crippen molar-refractivity contribution in [2.24, 2.45) is 0 Å². The normalized spacial score (nSPS) is 11.5. The monoisotopic (exact) mass is 333 g/mol. The van der Waals surface area contributed by atoms with E-state index in [1.54, 1.807) is 0 Å². The van der Waals surface area contributed by atoms with Gasteiger partial charge in [0, 0.05) is 5.56 Å². The fraction of sp³-hybridized carbons (Fsp3) is 0.167. The van der Waals surface area contributed by atoms with Gasteiger partial charge < -0.3 is 9.15 Å². The number of hydrogen-bond donors (Lipinski definition) is 0. The van der Waals surface area contributed by atoms with Crippen molar-refractivity contribution >= 4 is 0 Å². The molecule has 0 aliphatic rings. The van der Waals surface area contributed by atoms with E-state index >= 15 is 0 Å². The van der Waals surface area contributed by atoms with E-state index in [-0.39, 0.29) is 12.5 Å². The molecule has 3 aromatic rings. The van der Waals surface area contributed by atoms with Crippen LogP contribution in [0.1, 0.15) is 16.8 Å². The number of benzene rings is 2. The van der Waals surface area contributed by atoms with E-state index < -0.39 is 11.7 Å². The van der Waals surface area contributed by atoms with Crippen LogP contribution >= 0.6 is 0 Å². The van der Waals surface area contributed by atoms with Gasteiger partial charge in [-0.1, -0.05) is 12.1 Å². The van der Waals surface area contributed by atoms with Gasteiger partial charge in [0.2, 0.25) is 5.89 Å². The summed E-state index contributed by atoms with van der Waals surface area (Å²) in [6.45, 7) is 2.18. The molecule has 1 heterocycles. The number of halogens is 3. The average Bonchev–Trinajstić information content (AvgIpc) is 3.01. The molecule has 0 fully saturated rings. The van der Waals surface area contributed by atoms with Crippen LogP contribution in [0.5, 0.6) is 5.75 Å². The molecule has 0 saturated carbocycles. The van der Waals surface area contributed by atoms with Crippen LogP contribution in [0.15, 0.2) is 59.2 Å². The van der Waals surface area contributed by atoms with E-state index in [1.807, 2.05) is 31.2 Å². The summed E-state index contributed by atoms with van der Waals surface area (Å²) < 4.78 is 48.6. The fourth-order valence-corrected chi connectivity index (χ4v) is 2.17. The topological polar surface area (TPSA) is 35.3 Å². The van der Waals surface area contributed by atoms with E-state index in [0.29, 0.717) is 17.0 Å². The summed E-state index contributed by atoms with van der Waals surface area (Å²) in [6.07, 6.45) is -2.93. The third kappa shape index (κ3) is 3.76. The minimum atomic E-state index is -4.36. The van der Waals surface area contributed by atoms with Crippen LogP contribution in [0.4, 0.5) is 13.2 Å². The van der Waals surface area contributed by atoms with Crippen LogP contribution in [0.3, 0.4) is 0 Å². The zero-order valence-electron chi connectivity index (χ0n) is 12.8. The van der Waals surface area contributed by atoms with Crippen LogP contribution in [0.2, 0.25) is 0 Å². The van der Waals surface area contributed by atoms with Gasteiger partial charge >= 0.3 is 6.18 Å². The first-order valence-corrected chi connectivity index (χ1v) is 7.23. The van der Waals surface area contributed by atoms with Gasteiger partial charge in [0.15, 0.2) is 0 Å². The molecule has 0 radical (unpaired) electrons. The van der Waals surface area contributed by atoms with E-state index in [1.165, 1.54) is 18.4 Å². The van der Waals surface area contributed by atoms with Gasteiger partial charge in [-0.3, -0.25) is 0 Å². The summed E-state index contributed by atoms with van der Waals surface area (Å²) in [6, 6.07) is 12.3. The second kappa shape index (κ2) is 6.39. The Labute approximate surface area is 136 Å². The first kappa shape index (κ1) is 16.1. The number of rotatable bonds is 4. The van der Waals surface area contributed by atoms with Crippen molar-refractivity contribution in [3.8, 4) is 17.2 Å². The molecule has 6 heteroatoms.